The molecular weight excluding hydrogens is 230 g/mol. The van der Waals surface area contributed by atoms with Crippen LogP contribution in [0.15, 0.2) is 12.1 Å². The molecule has 1 N–H and O–H groups in total. The van der Waals surface area contributed by atoms with Gasteiger partial charge in [0, 0.05) is 5.56 Å². The lowest BCUT2D eigenvalue weighted by atomic mass is 9.98. The molecule has 1 atom stereocenters. The maximum Gasteiger partial charge on any atom is 0.331 e. The molecule has 0 aromatic heterocycles. The molecule has 0 spiro atoms. The van der Waals surface area contributed by atoms with E-state index >= 15 is 0 Å². The number of carbonyl (C=O) groups excluding carboxylic acids is 1. The summed E-state index contributed by atoms with van der Waals surface area (Å²) in [6, 6.07) is 3.42. The van der Waals surface area contributed by atoms with Gasteiger partial charge >= 0.3 is 6.03 Å². The minimum Gasteiger partial charge on any atom is -0.496 e. The third kappa shape index (κ3) is 1.97. The van der Waals surface area contributed by atoms with Crippen LogP contribution >= 0.6 is 0 Å². The van der Waals surface area contributed by atoms with Crippen LogP contribution < -0.4 is 10.1 Å². The molecule has 0 radical (unpaired) electrons. The van der Waals surface area contributed by atoms with E-state index in [1.807, 2.05) is 32.2 Å². The molecule has 18 heavy (non-hydrogen) atoms. The second kappa shape index (κ2) is 4.57. The Morgan fingerprint density at radius 1 is 1.50 bits per heavy atom. The summed E-state index contributed by atoms with van der Waals surface area (Å²) >= 11 is 0. The quantitative estimate of drug-likeness (QED) is 0.809. The molecule has 1 saturated heterocycles. The first-order valence-electron chi connectivity index (χ1n) is 5.69. The first-order chi connectivity index (χ1) is 8.56. The minimum absolute atomic E-state index is 0.201. The second-order valence-corrected chi connectivity index (χ2v) is 4.41. The Labute approximate surface area is 106 Å². The summed E-state index contributed by atoms with van der Waals surface area (Å²) in [5.74, 6) is 0.748. The van der Waals surface area contributed by atoms with Crippen molar-refractivity contribution in [3.63, 3.8) is 0 Å². The molecule has 5 nitrogen and oxygen atoms in total. The molecule has 0 bridgehead atoms. The summed E-state index contributed by atoms with van der Waals surface area (Å²) in [4.78, 5) is 12.6. The number of aryl methyl sites for hydroxylation is 2. The summed E-state index contributed by atoms with van der Waals surface area (Å²) in [5, 5.41) is 11.6. The zero-order valence-electron chi connectivity index (χ0n) is 10.7. The number of ether oxygens (including phenoxy) is 1. The van der Waals surface area contributed by atoms with Gasteiger partial charge in [-0.15, -0.1) is 0 Å². The van der Waals surface area contributed by atoms with Gasteiger partial charge < -0.3 is 10.1 Å². The zero-order valence-corrected chi connectivity index (χ0v) is 10.7. The van der Waals surface area contributed by atoms with Crippen molar-refractivity contribution in [1.29, 1.82) is 5.26 Å². The maximum atomic E-state index is 11.5. The SMILES string of the molecule is COc1cc(C)cc(C)c1C1CN(C#N)C(=O)N1. The summed E-state index contributed by atoms with van der Waals surface area (Å²) in [6.07, 6.45) is 1.86. The van der Waals surface area contributed by atoms with Gasteiger partial charge in [-0.2, -0.15) is 5.26 Å². The Morgan fingerprint density at radius 2 is 2.22 bits per heavy atom. The van der Waals surface area contributed by atoms with Crippen molar-refractivity contribution in [2.75, 3.05) is 13.7 Å². The van der Waals surface area contributed by atoms with Gasteiger partial charge in [0.1, 0.15) is 5.75 Å². The fourth-order valence-corrected chi connectivity index (χ4v) is 2.34. The number of nitrogens with zero attached hydrogens (tertiary/aromatic N) is 2. The van der Waals surface area contributed by atoms with Crippen molar-refractivity contribution in [3.8, 4) is 11.9 Å². The standard InChI is InChI=1S/C13H15N3O2/c1-8-4-9(2)12(11(5-8)18-3)10-6-16(7-14)13(17)15-10/h4-5,10H,6H2,1-3H3,(H,15,17). The number of hydrogen-bond acceptors (Lipinski definition) is 3. The average molecular weight is 245 g/mol. The van der Waals surface area contributed by atoms with Gasteiger partial charge in [0.05, 0.1) is 19.7 Å². The molecular formula is C13H15N3O2. The van der Waals surface area contributed by atoms with E-state index in [9.17, 15) is 4.79 Å². The van der Waals surface area contributed by atoms with Crippen LogP contribution in [-0.2, 0) is 0 Å². The van der Waals surface area contributed by atoms with Gasteiger partial charge in [0.2, 0.25) is 0 Å². The van der Waals surface area contributed by atoms with Crippen LogP contribution in [0, 0.1) is 25.3 Å². The number of urea groups is 1. The predicted molar refractivity (Wildman–Crippen MR) is 66.1 cm³/mol. The molecule has 2 rings (SSSR count). The van der Waals surface area contributed by atoms with Gasteiger partial charge in [-0.25, -0.2) is 9.69 Å². The number of benzene rings is 1. The van der Waals surface area contributed by atoms with Crippen molar-refractivity contribution >= 4 is 6.03 Å². The summed E-state index contributed by atoms with van der Waals surface area (Å²) in [7, 11) is 1.61. The van der Waals surface area contributed by atoms with Gasteiger partial charge in [0.25, 0.3) is 0 Å². The Bertz CT molecular complexity index is 534. The van der Waals surface area contributed by atoms with E-state index in [-0.39, 0.29) is 12.1 Å². The number of methoxy groups -OCH3 is 1. The normalized spacial score (nSPS) is 18.4. The minimum atomic E-state index is -0.357. The molecule has 1 heterocycles. The van der Waals surface area contributed by atoms with E-state index in [1.54, 1.807) is 7.11 Å². The highest BCUT2D eigenvalue weighted by atomic mass is 16.5. The number of rotatable bonds is 2. The van der Waals surface area contributed by atoms with Gasteiger partial charge in [0.15, 0.2) is 6.19 Å². The summed E-state index contributed by atoms with van der Waals surface area (Å²) in [5.41, 5.74) is 3.10. The molecule has 1 aliphatic rings. The van der Waals surface area contributed by atoms with Gasteiger partial charge in [-0.1, -0.05) is 6.07 Å². The van der Waals surface area contributed by atoms with Crippen LogP contribution in [0.4, 0.5) is 4.79 Å². The molecule has 94 valence electrons. The van der Waals surface area contributed by atoms with Crippen LogP contribution in [0.25, 0.3) is 0 Å². The van der Waals surface area contributed by atoms with Crippen molar-refractivity contribution in [2.24, 2.45) is 0 Å². The number of carbonyl (C=O) groups is 1. The number of nitriles is 1. The fourth-order valence-electron chi connectivity index (χ4n) is 2.34. The van der Waals surface area contributed by atoms with Crippen molar-refractivity contribution < 1.29 is 9.53 Å². The van der Waals surface area contributed by atoms with E-state index in [4.69, 9.17) is 10.00 Å². The molecule has 2 amide bonds. The summed E-state index contributed by atoms with van der Waals surface area (Å²) in [6.45, 7) is 4.32. The topological polar surface area (TPSA) is 65.4 Å². The van der Waals surface area contributed by atoms with E-state index in [2.05, 4.69) is 5.32 Å². The highest BCUT2D eigenvalue weighted by Gasteiger charge is 2.32. The largest absolute Gasteiger partial charge is 0.496 e. The average Bonchev–Trinajstić information content (AvgIpc) is 2.68. The van der Waals surface area contributed by atoms with Crippen LogP contribution in [0.3, 0.4) is 0 Å². The van der Waals surface area contributed by atoms with Crippen LogP contribution in [0.5, 0.6) is 5.75 Å². The zero-order chi connectivity index (χ0) is 13.3. The van der Waals surface area contributed by atoms with Crippen LogP contribution in [-0.4, -0.2) is 24.6 Å². The van der Waals surface area contributed by atoms with Crippen molar-refractivity contribution in [2.45, 2.75) is 19.9 Å². The monoisotopic (exact) mass is 245 g/mol. The van der Waals surface area contributed by atoms with E-state index in [1.165, 1.54) is 0 Å². The second-order valence-electron chi connectivity index (χ2n) is 4.41. The molecule has 0 aliphatic carbocycles. The molecule has 1 aromatic carbocycles. The smallest absolute Gasteiger partial charge is 0.331 e. The molecule has 1 aromatic rings. The third-order valence-electron chi connectivity index (χ3n) is 3.09. The van der Waals surface area contributed by atoms with Crippen LogP contribution in [0.2, 0.25) is 0 Å². The highest BCUT2D eigenvalue weighted by molar-refractivity contribution is 5.79. The molecule has 5 heteroatoms. The first-order valence-corrected chi connectivity index (χ1v) is 5.69. The highest BCUT2D eigenvalue weighted by Crippen LogP contribution is 2.32. The lowest BCUT2D eigenvalue weighted by Crippen LogP contribution is -2.23. The Morgan fingerprint density at radius 3 is 2.78 bits per heavy atom. The number of nitrogens with one attached hydrogen (secondary N) is 1. The van der Waals surface area contributed by atoms with Crippen LogP contribution in [0.1, 0.15) is 22.7 Å². The third-order valence-corrected chi connectivity index (χ3v) is 3.09. The lowest BCUT2D eigenvalue weighted by Gasteiger charge is -2.17. The van der Waals surface area contributed by atoms with Crippen molar-refractivity contribution in [3.05, 3.63) is 28.8 Å². The summed E-state index contributed by atoms with van der Waals surface area (Å²) < 4.78 is 5.37. The Hall–Kier alpha value is -2.22. The Kier molecular flexibility index (Phi) is 3.11. The molecule has 1 unspecified atom stereocenters. The molecule has 1 aliphatic heterocycles. The van der Waals surface area contributed by atoms with Gasteiger partial charge in [-0.05, 0) is 31.0 Å². The number of amides is 2. The van der Waals surface area contributed by atoms with Crippen molar-refractivity contribution in [1.82, 2.24) is 10.2 Å². The van der Waals surface area contributed by atoms with E-state index in [0.29, 0.717) is 6.54 Å². The maximum absolute atomic E-state index is 11.5. The fraction of sp³-hybridized carbons (Fsp3) is 0.385. The lowest BCUT2D eigenvalue weighted by molar-refractivity contribution is 0.232. The van der Waals surface area contributed by atoms with E-state index in [0.717, 1.165) is 27.3 Å². The molecule has 1 fully saturated rings. The molecule has 0 saturated carbocycles. The number of hydrogen-bond donors (Lipinski definition) is 1. The van der Waals surface area contributed by atoms with E-state index < -0.39 is 0 Å². The Balaban J connectivity index is 2.41. The van der Waals surface area contributed by atoms with Gasteiger partial charge in [-0.3, -0.25) is 0 Å². The predicted octanol–water partition coefficient (Wildman–Crippen LogP) is 1.86. The first kappa shape index (κ1) is 12.2.